The van der Waals surface area contributed by atoms with E-state index in [0.29, 0.717) is 18.4 Å². The van der Waals surface area contributed by atoms with Crippen molar-refractivity contribution in [1.29, 1.82) is 0 Å². The van der Waals surface area contributed by atoms with Crippen molar-refractivity contribution in [2.75, 3.05) is 26.2 Å². The van der Waals surface area contributed by atoms with Gasteiger partial charge in [0.1, 0.15) is 0 Å². The molecule has 2 N–H and O–H groups in total. The van der Waals surface area contributed by atoms with Gasteiger partial charge >= 0.3 is 0 Å². The Bertz CT molecular complexity index is 682. The lowest BCUT2D eigenvalue weighted by Gasteiger charge is -2.33. The molecule has 0 spiro atoms. The van der Waals surface area contributed by atoms with Gasteiger partial charge in [0.15, 0.2) is 0 Å². The summed E-state index contributed by atoms with van der Waals surface area (Å²) in [7, 11) is 1.93. The third-order valence-electron chi connectivity index (χ3n) is 5.93. The van der Waals surface area contributed by atoms with Gasteiger partial charge in [-0.05, 0) is 51.0 Å². The van der Waals surface area contributed by atoms with E-state index < -0.39 is 0 Å². The van der Waals surface area contributed by atoms with E-state index in [9.17, 15) is 9.59 Å². The van der Waals surface area contributed by atoms with Crippen molar-refractivity contribution in [2.45, 2.75) is 50.5 Å². The minimum absolute atomic E-state index is 0. The van der Waals surface area contributed by atoms with Gasteiger partial charge in [0.25, 0.3) is 5.91 Å². The molecule has 3 fully saturated rings. The summed E-state index contributed by atoms with van der Waals surface area (Å²) >= 11 is 0. The molecule has 0 bridgehead atoms. The first-order valence-electron chi connectivity index (χ1n) is 9.95. The van der Waals surface area contributed by atoms with E-state index in [2.05, 4.69) is 15.7 Å². The largest absolute Gasteiger partial charge is 0.354 e. The topological polar surface area (TPSA) is 79.3 Å². The summed E-state index contributed by atoms with van der Waals surface area (Å²) in [4.78, 5) is 27.2. The molecule has 7 nitrogen and oxygen atoms in total. The molecule has 8 heteroatoms. The Balaban J connectivity index is 0.00000210. The number of aromatic nitrogens is 2. The lowest BCUT2D eigenvalue weighted by Crippen LogP contribution is -2.46. The molecule has 2 atom stereocenters. The Hall–Kier alpha value is -1.60. The fourth-order valence-electron chi connectivity index (χ4n) is 4.32. The number of rotatable bonds is 5. The Morgan fingerprint density at radius 1 is 1.26 bits per heavy atom. The number of amides is 2. The van der Waals surface area contributed by atoms with Gasteiger partial charge in [-0.3, -0.25) is 14.3 Å². The van der Waals surface area contributed by atoms with Crippen LogP contribution >= 0.6 is 12.4 Å². The number of nitrogens with zero attached hydrogens (tertiary/aromatic N) is 3. The zero-order chi connectivity index (χ0) is 18.1. The lowest BCUT2D eigenvalue weighted by atomic mass is 9.97. The van der Waals surface area contributed by atoms with Crippen molar-refractivity contribution in [1.82, 2.24) is 25.3 Å². The molecule has 2 saturated heterocycles. The summed E-state index contributed by atoms with van der Waals surface area (Å²) in [5.74, 6) is 1.04. The molecule has 3 heterocycles. The first-order chi connectivity index (χ1) is 12.6. The van der Waals surface area contributed by atoms with Crippen molar-refractivity contribution in [3.8, 4) is 0 Å². The Kier molecular flexibility index (Phi) is 6.42. The molecule has 3 aliphatic rings. The second-order valence-electron chi connectivity index (χ2n) is 7.99. The number of likely N-dealkylation sites (tertiary alicyclic amines) is 1. The van der Waals surface area contributed by atoms with Gasteiger partial charge < -0.3 is 15.5 Å². The van der Waals surface area contributed by atoms with Crippen LogP contribution in [0.2, 0.25) is 0 Å². The number of hydrogen-bond donors (Lipinski definition) is 2. The highest BCUT2D eigenvalue weighted by molar-refractivity contribution is 5.95. The van der Waals surface area contributed by atoms with Crippen LogP contribution in [0.4, 0.5) is 0 Å². The van der Waals surface area contributed by atoms with E-state index in [1.54, 1.807) is 6.20 Å². The third-order valence-corrected chi connectivity index (χ3v) is 5.93. The van der Waals surface area contributed by atoms with Gasteiger partial charge in [-0.25, -0.2) is 0 Å². The zero-order valence-corrected chi connectivity index (χ0v) is 16.8. The summed E-state index contributed by atoms with van der Waals surface area (Å²) in [6.07, 6.45) is 8.09. The molecule has 1 saturated carbocycles. The summed E-state index contributed by atoms with van der Waals surface area (Å²) in [6, 6.07) is -0.0344. The van der Waals surface area contributed by atoms with Crippen molar-refractivity contribution in [3.63, 3.8) is 0 Å². The van der Waals surface area contributed by atoms with E-state index in [1.165, 1.54) is 0 Å². The highest BCUT2D eigenvalue weighted by Gasteiger charge is 2.34. The van der Waals surface area contributed by atoms with Gasteiger partial charge in [-0.2, -0.15) is 5.10 Å². The molecule has 1 aliphatic carbocycles. The predicted molar refractivity (Wildman–Crippen MR) is 105 cm³/mol. The van der Waals surface area contributed by atoms with Gasteiger partial charge in [0, 0.05) is 32.6 Å². The Morgan fingerprint density at radius 3 is 2.78 bits per heavy atom. The number of carbonyl (C=O) groups excluding carboxylic acids is 2. The fourth-order valence-corrected chi connectivity index (χ4v) is 4.32. The van der Waals surface area contributed by atoms with Crippen LogP contribution in [0.1, 0.15) is 60.5 Å². The minimum Gasteiger partial charge on any atom is -0.354 e. The lowest BCUT2D eigenvalue weighted by molar-refractivity contribution is -0.123. The van der Waals surface area contributed by atoms with E-state index in [1.807, 2.05) is 16.6 Å². The monoisotopic (exact) mass is 395 g/mol. The van der Waals surface area contributed by atoms with Crippen LogP contribution in [0, 0.1) is 5.92 Å². The van der Waals surface area contributed by atoms with Crippen LogP contribution in [-0.2, 0) is 11.8 Å². The number of carbonyl (C=O) groups is 2. The highest BCUT2D eigenvalue weighted by atomic mass is 35.5. The maximum atomic E-state index is 13.0. The quantitative estimate of drug-likeness (QED) is 0.790. The molecular weight excluding hydrogens is 366 g/mol. The molecule has 1 aromatic heterocycles. The van der Waals surface area contributed by atoms with E-state index >= 15 is 0 Å². The first kappa shape index (κ1) is 20.1. The van der Waals surface area contributed by atoms with Crippen LogP contribution < -0.4 is 10.6 Å². The summed E-state index contributed by atoms with van der Waals surface area (Å²) < 4.78 is 1.86. The summed E-state index contributed by atoms with van der Waals surface area (Å²) in [6.45, 7) is 3.10. The number of piperidine rings is 1. The molecule has 0 radical (unpaired) electrons. The standard InChI is InChI=1S/C19H29N5O2.ClH/c1-23-17(14-6-7-14)15(11-22-23)19(26)24-9-3-4-13(12-24)10-21-18(25)16-5-2-8-20-16;/h11,13-14,16,20H,2-10,12H2,1H3,(H,21,25);1H. The molecular formula is C19H30ClN5O2. The maximum Gasteiger partial charge on any atom is 0.257 e. The van der Waals surface area contributed by atoms with Crippen molar-refractivity contribution in [2.24, 2.45) is 13.0 Å². The minimum atomic E-state index is -0.0344. The normalized spacial score (nSPS) is 25.1. The molecule has 2 amide bonds. The second-order valence-corrected chi connectivity index (χ2v) is 7.99. The Labute approximate surface area is 166 Å². The molecule has 150 valence electrons. The maximum absolute atomic E-state index is 13.0. The molecule has 2 aliphatic heterocycles. The second kappa shape index (κ2) is 8.61. The average Bonchev–Trinajstić information content (AvgIpc) is 3.18. The van der Waals surface area contributed by atoms with Crippen molar-refractivity contribution in [3.05, 3.63) is 17.5 Å². The predicted octanol–water partition coefficient (Wildman–Crippen LogP) is 1.44. The first-order valence-corrected chi connectivity index (χ1v) is 9.95. The fraction of sp³-hybridized carbons (Fsp3) is 0.737. The van der Waals surface area contributed by atoms with Crippen LogP contribution in [0.15, 0.2) is 6.20 Å². The highest BCUT2D eigenvalue weighted by Crippen LogP contribution is 2.41. The SMILES string of the molecule is Cl.Cn1ncc(C(=O)N2CCCC(CNC(=O)C3CCCN3)C2)c1C1CC1. The van der Waals surface area contributed by atoms with Gasteiger partial charge in [0.2, 0.25) is 5.91 Å². The van der Waals surface area contributed by atoms with Crippen LogP contribution in [-0.4, -0.2) is 58.7 Å². The molecule has 2 unspecified atom stereocenters. The number of aryl methyl sites for hydroxylation is 1. The van der Waals surface area contributed by atoms with Gasteiger partial charge in [-0.1, -0.05) is 0 Å². The summed E-state index contributed by atoms with van der Waals surface area (Å²) in [5.41, 5.74) is 1.87. The smallest absolute Gasteiger partial charge is 0.257 e. The zero-order valence-electron chi connectivity index (χ0n) is 15.9. The van der Waals surface area contributed by atoms with Gasteiger partial charge in [0.05, 0.1) is 23.5 Å². The van der Waals surface area contributed by atoms with Crippen LogP contribution in [0.5, 0.6) is 0 Å². The molecule has 27 heavy (non-hydrogen) atoms. The van der Waals surface area contributed by atoms with Crippen LogP contribution in [0.25, 0.3) is 0 Å². The van der Waals surface area contributed by atoms with E-state index in [-0.39, 0.29) is 30.3 Å². The van der Waals surface area contributed by atoms with E-state index in [0.717, 1.165) is 69.4 Å². The molecule has 4 rings (SSSR count). The number of nitrogens with one attached hydrogen (secondary N) is 2. The average molecular weight is 396 g/mol. The number of hydrogen-bond acceptors (Lipinski definition) is 4. The third kappa shape index (κ3) is 4.46. The van der Waals surface area contributed by atoms with E-state index in [4.69, 9.17) is 0 Å². The van der Waals surface area contributed by atoms with Crippen molar-refractivity contribution >= 4 is 24.2 Å². The van der Waals surface area contributed by atoms with Crippen molar-refractivity contribution < 1.29 is 9.59 Å². The van der Waals surface area contributed by atoms with Gasteiger partial charge in [-0.15, -0.1) is 12.4 Å². The van der Waals surface area contributed by atoms with Crippen LogP contribution in [0.3, 0.4) is 0 Å². The Morgan fingerprint density at radius 2 is 2.07 bits per heavy atom. The summed E-state index contributed by atoms with van der Waals surface area (Å²) in [5, 5.41) is 10.6. The molecule has 0 aromatic carbocycles. The number of halogens is 1. The molecule has 1 aromatic rings.